The number of aryl methyl sites for hydroxylation is 1. The van der Waals surface area contributed by atoms with E-state index >= 15 is 0 Å². The van der Waals surface area contributed by atoms with E-state index in [0.29, 0.717) is 16.1 Å². The fourth-order valence-corrected chi connectivity index (χ4v) is 3.84. The summed E-state index contributed by atoms with van der Waals surface area (Å²) in [5, 5.41) is 2.73. The average Bonchev–Trinajstić information content (AvgIpc) is 2.98. The Morgan fingerprint density at radius 1 is 1.14 bits per heavy atom. The highest BCUT2D eigenvalue weighted by atomic mass is 32.1. The fourth-order valence-electron chi connectivity index (χ4n) is 2.78. The summed E-state index contributed by atoms with van der Waals surface area (Å²) in [5.74, 6) is -0.988. The summed E-state index contributed by atoms with van der Waals surface area (Å²) in [6.07, 6.45) is 0. The summed E-state index contributed by atoms with van der Waals surface area (Å²) in [5.41, 5.74) is 2.87. The summed E-state index contributed by atoms with van der Waals surface area (Å²) in [6, 6.07) is 12.5. The van der Waals surface area contributed by atoms with Crippen LogP contribution in [0.2, 0.25) is 0 Å². The van der Waals surface area contributed by atoms with Crippen LogP contribution in [0.15, 0.2) is 47.5 Å². The van der Waals surface area contributed by atoms with Crippen molar-refractivity contribution in [3.63, 3.8) is 0 Å². The summed E-state index contributed by atoms with van der Waals surface area (Å²) >= 11 is 1.27. The van der Waals surface area contributed by atoms with Crippen molar-refractivity contribution in [2.45, 2.75) is 27.3 Å². The Morgan fingerprint density at radius 2 is 1.86 bits per heavy atom. The number of hydrogen-bond donors (Lipinski definition) is 1. The molecule has 0 spiro atoms. The van der Waals surface area contributed by atoms with Gasteiger partial charge in [0.05, 0.1) is 16.8 Å². The topological polar surface area (TPSA) is 89.8 Å². The third-order valence-electron chi connectivity index (χ3n) is 4.09. The Labute approximate surface area is 171 Å². The molecular formula is C21H21N3O4S. The van der Waals surface area contributed by atoms with E-state index in [1.54, 1.807) is 41.8 Å². The first kappa shape index (κ1) is 20.5. The van der Waals surface area contributed by atoms with Gasteiger partial charge >= 0.3 is 5.97 Å². The van der Waals surface area contributed by atoms with Gasteiger partial charge in [0.15, 0.2) is 4.80 Å². The minimum Gasteiger partial charge on any atom is -0.465 e. The number of carbonyl (C=O) groups is 3. The molecule has 0 aliphatic carbocycles. The van der Waals surface area contributed by atoms with Gasteiger partial charge in [0, 0.05) is 18.2 Å². The molecule has 2 amide bonds. The van der Waals surface area contributed by atoms with Crippen LogP contribution in [0.5, 0.6) is 0 Å². The second-order valence-corrected chi connectivity index (χ2v) is 7.43. The van der Waals surface area contributed by atoms with Crippen molar-refractivity contribution < 1.29 is 19.1 Å². The lowest BCUT2D eigenvalue weighted by Crippen LogP contribution is -2.23. The van der Waals surface area contributed by atoms with E-state index in [2.05, 4.69) is 10.3 Å². The monoisotopic (exact) mass is 411 g/mol. The Kier molecular flexibility index (Phi) is 6.23. The number of nitrogens with one attached hydrogen (secondary N) is 1. The second kappa shape index (κ2) is 8.83. The van der Waals surface area contributed by atoms with Crippen molar-refractivity contribution in [2.75, 3.05) is 11.9 Å². The van der Waals surface area contributed by atoms with Crippen LogP contribution >= 0.6 is 11.3 Å². The molecule has 0 saturated carbocycles. The summed E-state index contributed by atoms with van der Waals surface area (Å²) < 4.78 is 7.50. The van der Waals surface area contributed by atoms with Crippen LogP contribution in [0.25, 0.3) is 10.2 Å². The zero-order valence-corrected chi connectivity index (χ0v) is 17.2. The highest BCUT2D eigenvalue weighted by Crippen LogP contribution is 2.22. The molecule has 0 bridgehead atoms. The number of hydrogen-bond acceptors (Lipinski definition) is 5. The van der Waals surface area contributed by atoms with Gasteiger partial charge in [-0.2, -0.15) is 4.99 Å². The van der Waals surface area contributed by atoms with E-state index in [9.17, 15) is 14.4 Å². The van der Waals surface area contributed by atoms with E-state index in [-0.39, 0.29) is 19.1 Å². The molecule has 0 atom stereocenters. The smallest absolute Gasteiger partial charge is 0.326 e. The van der Waals surface area contributed by atoms with Crippen LogP contribution < -0.4 is 10.1 Å². The normalized spacial score (nSPS) is 11.5. The molecule has 0 radical (unpaired) electrons. The Morgan fingerprint density at radius 3 is 2.52 bits per heavy atom. The van der Waals surface area contributed by atoms with E-state index in [4.69, 9.17) is 4.74 Å². The molecule has 3 rings (SSSR count). The molecule has 8 heteroatoms. The molecule has 1 heterocycles. The molecule has 0 fully saturated rings. The number of amides is 2. The SMILES string of the molecule is CCOC(=O)Cn1c(=NC(=O)c2ccc(C)cc2)sc2cc(NC(C)=O)ccc21. The number of aromatic nitrogens is 1. The first-order valence-corrected chi connectivity index (χ1v) is 9.91. The Balaban J connectivity index is 2.09. The van der Waals surface area contributed by atoms with Crippen molar-refractivity contribution in [1.82, 2.24) is 4.57 Å². The van der Waals surface area contributed by atoms with Gasteiger partial charge in [0.25, 0.3) is 5.91 Å². The largest absolute Gasteiger partial charge is 0.465 e. The molecule has 0 aliphatic rings. The second-order valence-electron chi connectivity index (χ2n) is 6.42. The first-order chi connectivity index (χ1) is 13.9. The predicted octanol–water partition coefficient (Wildman–Crippen LogP) is 3.27. The van der Waals surface area contributed by atoms with Gasteiger partial charge < -0.3 is 14.6 Å². The minimum absolute atomic E-state index is 0.0622. The summed E-state index contributed by atoms with van der Waals surface area (Å²) in [7, 11) is 0. The van der Waals surface area contributed by atoms with Crippen molar-refractivity contribution in [3.05, 3.63) is 58.4 Å². The number of benzene rings is 2. The van der Waals surface area contributed by atoms with Gasteiger partial charge in [-0.3, -0.25) is 14.4 Å². The van der Waals surface area contributed by atoms with Crippen LogP contribution in [0.4, 0.5) is 5.69 Å². The zero-order chi connectivity index (χ0) is 21.0. The number of rotatable bonds is 5. The lowest BCUT2D eigenvalue weighted by Gasteiger charge is -2.06. The first-order valence-electron chi connectivity index (χ1n) is 9.09. The number of anilines is 1. The number of thiazole rings is 1. The zero-order valence-electron chi connectivity index (χ0n) is 16.4. The number of esters is 1. The van der Waals surface area contributed by atoms with Gasteiger partial charge in [-0.05, 0) is 44.2 Å². The van der Waals surface area contributed by atoms with Crippen LogP contribution in [0.1, 0.15) is 29.8 Å². The van der Waals surface area contributed by atoms with Crippen molar-refractivity contribution in [2.24, 2.45) is 4.99 Å². The predicted molar refractivity (Wildman–Crippen MR) is 112 cm³/mol. The third kappa shape index (κ3) is 4.97. The van der Waals surface area contributed by atoms with E-state index < -0.39 is 11.9 Å². The number of fused-ring (bicyclic) bond motifs is 1. The Bertz CT molecular complexity index is 1140. The quantitative estimate of drug-likeness (QED) is 0.653. The molecule has 2 aromatic carbocycles. The minimum atomic E-state index is -0.414. The average molecular weight is 411 g/mol. The number of nitrogens with zero attached hydrogens (tertiary/aromatic N) is 2. The van der Waals surface area contributed by atoms with Crippen LogP contribution in [-0.4, -0.2) is 29.0 Å². The van der Waals surface area contributed by atoms with Gasteiger partial charge in [-0.15, -0.1) is 0 Å². The molecular weight excluding hydrogens is 390 g/mol. The molecule has 3 aromatic rings. The molecule has 7 nitrogen and oxygen atoms in total. The maximum Gasteiger partial charge on any atom is 0.326 e. The molecule has 1 N–H and O–H groups in total. The molecule has 0 unspecified atom stereocenters. The van der Waals surface area contributed by atoms with Crippen molar-refractivity contribution in [1.29, 1.82) is 0 Å². The van der Waals surface area contributed by atoms with Gasteiger partial charge in [-0.25, -0.2) is 0 Å². The molecule has 150 valence electrons. The van der Waals surface area contributed by atoms with Crippen molar-refractivity contribution in [3.8, 4) is 0 Å². The number of carbonyl (C=O) groups excluding carboxylic acids is 3. The Hall–Kier alpha value is -3.26. The van der Waals surface area contributed by atoms with Crippen LogP contribution in [-0.2, 0) is 20.9 Å². The lowest BCUT2D eigenvalue weighted by atomic mass is 10.1. The van der Waals surface area contributed by atoms with E-state index in [1.165, 1.54) is 18.3 Å². The summed E-state index contributed by atoms with van der Waals surface area (Å²) in [4.78, 5) is 40.7. The fraction of sp³-hybridized carbons (Fsp3) is 0.238. The molecule has 0 aliphatic heterocycles. The molecule has 29 heavy (non-hydrogen) atoms. The maximum atomic E-state index is 12.6. The molecule has 0 saturated heterocycles. The lowest BCUT2D eigenvalue weighted by molar-refractivity contribution is -0.143. The standard InChI is InChI=1S/C21H21N3O4S/c1-4-28-19(26)12-24-17-10-9-16(22-14(3)25)11-18(17)29-21(24)23-20(27)15-7-5-13(2)6-8-15/h5-11H,4,12H2,1-3H3,(H,22,25). The van der Waals surface area contributed by atoms with Gasteiger partial charge in [0.1, 0.15) is 6.54 Å². The van der Waals surface area contributed by atoms with Gasteiger partial charge in [-0.1, -0.05) is 29.0 Å². The van der Waals surface area contributed by atoms with Gasteiger partial charge in [0.2, 0.25) is 5.91 Å². The van der Waals surface area contributed by atoms with Crippen molar-refractivity contribution >= 4 is 45.0 Å². The molecule has 1 aromatic heterocycles. The summed E-state index contributed by atoms with van der Waals surface area (Å²) in [6.45, 7) is 5.31. The maximum absolute atomic E-state index is 12.6. The third-order valence-corrected chi connectivity index (χ3v) is 5.13. The highest BCUT2D eigenvalue weighted by molar-refractivity contribution is 7.16. The highest BCUT2D eigenvalue weighted by Gasteiger charge is 2.13. The van der Waals surface area contributed by atoms with E-state index in [1.807, 2.05) is 19.1 Å². The van der Waals surface area contributed by atoms with Crippen LogP contribution in [0.3, 0.4) is 0 Å². The number of ether oxygens (including phenoxy) is 1. The van der Waals surface area contributed by atoms with E-state index in [0.717, 1.165) is 15.8 Å². The van der Waals surface area contributed by atoms with Crippen LogP contribution in [0, 0.1) is 6.92 Å².